The first-order valence-electron chi connectivity index (χ1n) is 4.79. The molecule has 0 radical (unpaired) electrons. The highest BCUT2D eigenvalue weighted by Gasteiger charge is 2.23. The second-order valence-corrected chi connectivity index (χ2v) is 3.41. The van der Waals surface area contributed by atoms with E-state index in [0.29, 0.717) is 6.04 Å². The van der Waals surface area contributed by atoms with E-state index in [-0.39, 0.29) is 12.4 Å². The van der Waals surface area contributed by atoms with E-state index in [2.05, 4.69) is 9.88 Å². The maximum Gasteiger partial charge on any atom is 0.128 e. The lowest BCUT2D eigenvalue weighted by atomic mass is 10.2. The lowest BCUT2D eigenvalue weighted by Gasteiger charge is -2.24. The molecule has 4 heteroatoms. The Labute approximate surface area is 90.7 Å². The molecule has 1 aliphatic heterocycles. The molecule has 1 fully saturated rings. The molecule has 0 spiro atoms. The highest BCUT2D eigenvalue weighted by atomic mass is 35.5. The van der Waals surface area contributed by atoms with E-state index in [4.69, 9.17) is 5.73 Å². The van der Waals surface area contributed by atoms with Crippen LogP contribution in [0.4, 0.5) is 5.82 Å². The number of halogens is 1. The van der Waals surface area contributed by atoms with Gasteiger partial charge < -0.3 is 10.6 Å². The van der Waals surface area contributed by atoms with Gasteiger partial charge in [0, 0.05) is 25.3 Å². The Morgan fingerprint density at radius 2 is 2.36 bits per heavy atom. The zero-order chi connectivity index (χ0) is 9.10. The first-order valence-corrected chi connectivity index (χ1v) is 4.79. The van der Waals surface area contributed by atoms with Gasteiger partial charge >= 0.3 is 0 Å². The molecule has 78 valence electrons. The van der Waals surface area contributed by atoms with Crippen LogP contribution in [0.5, 0.6) is 0 Å². The maximum absolute atomic E-state index is 5.69. The van der Waals surface area contributed by atoms with Gasteiger partial charge in [0.2, 0.25) is 0 Å². The van der Waals surface area contributed by atoms with E-state index in [0.717, 1.165) is 18.9 Å². The minimum Gasteiger partial charge on any atom is -0.352 e. The minimum atomic E-state index is 0. The summed E-state index contributed by atoms with van der Waals surface area (Å²) in [4.78, 5) is 6.63. The predicted octanol–water partition coefficient (Wildman–Crippen LogP) is 1.43. The van der Waals surface area contributed by atoms with Crippen molar-refractivity contribution in [3.63, 3.8) is 0 Å². The molecule has 1 aromatic rings. The monoisotopic (exact) mass is 213 g/mol. The van der Waals surface area contributed by atoms with Crippen LogP contribution < -0.4 is 10.6 Å². The van der Waals surface area contributed by atoms with Crippen molar-refractivity contribution in [2.75, 3.05) is 18.0 Å². The number of pyridine rings is 1. The molecule has 1 saturated heterocycles. The Morgan fingerprint density at radius 1 is 1.50 bits per heavy atom. The summed E-state index contributed by atoms with van der Waals surface area (Å²) in [6.45, 7) is 1.83. The number of nitrogens with two attached hydrogens (primary N) is 1. The van der Waals surface area contributed by atoms with Gasteiger partial charge in [0.05, 0.1) is 0 Å². The number of anilines is 1. The second-order valence-electron chi connectivity index (χ2n) is 3.41. The Morgan fingerprint density at radius 3 is 3.00 bits per heavy atom. The molecule has 2 heterocycles. The molecule has 0 aromatic carbocycles. The molecule has 1 aromatic heterocycles. The summed E-state index contributed by atoms with van der Waals surface area (Å²) < 4.78 is 0. The zero-order valence-corrected chi connectivity index (χ0v) is 8.91. The van der Waals surface area contributed by atoms with E-state index < -0.39 is 0 Å². The molecular formula is C10H16ClN3. The van der Waals surface area contributed by atoms with Crippen molar-refractivity contribution < 1.29 is 0 Å². The van der Waals surface area contributed by atoms with Gasteiger partial charge in [-0.3, -0.25) is 0 Å². The first kappa shape index (κ1) is 11.3. The molecule has 14 heavy (non-hydrogen) atoms. The van der Waals surface area contributed by atoms with Crippen molar-refractivity contribution in [1.29, 1.82) is 0 Å². The van der Waals surface area contributed by atoms with Crippen LogP contribution in [0.2, 0.25) is 0 Å². The van der Waals surface area contributed by atoms with Crippen LogP contribution >= 0.6 is 12.4 Å². The minimum absolute atomic E-state index is 0. The largest absolute Gasteiger partial charge is 0.352 e. The van der Waals surface area contributed by atoms with Crippen molar-refractivity contribution in [2.45, 2.75) is 18.9 Å². The molecule has 1 unspecified atom stereocenters. The average molecular weight is 214 g/mol. The molecule has 0 saturated carbocycles. The summed E-state index contributed by atoms with van der Waals surface area (Å²) in [5.74, 6) is 1.07. The van der Waals surface area contributed by atoms with Crippen LogP contribution in [-0.4, -0.2) is 24.1 Å². The van der Waals surface area contributed by atoms with Crippen molar-refractivity contribution in [3.8, 4) is 0 Å². The molecular weight excluding hydrogens is 198 g/mol. The second kappa shape index (κ2) is 5.17. The smallest absolute Gasteiger partial charge is 0.128 e. The number of aromatic nitrogens is 1. The SMILES string of the molecule is Cl.NCC1CCCN1c1ccccn1. The zero-order valence-electron chi connectivity index (χ0n) is 8.10. The molecule has 3 nitrogen and oxygen atoms in total. The Bertz CT molecular complexity index is 265. The van der Waals surface area contributed by atoms with E-state index in [1.807, 2.05) is 24.4 Å². The van der Waals surface area contributed by atoms with Gasteiger partial charge in [0.1, 0.15) is 5.82 Å². The summed E-state index contributed by atoms with van der Waals surface area (Å²) in [6.07, 6.45) is 4.27. The Balaban J connectivity index is 0.000000980. The number of nitrogens with zero attached hydrogens (tertiary/aromatic N) is 2. The standard InChI is InChI=1S/C10H15N3.ClH/c11-8-9-4-3-7-13(9)10-5-1-2-6-12-10;/h1-2,5-6,9H,3-4,7-8,11H2;1H. The fraction of sp³-hybridized carbons (Fsp3) is 0.500. The lowest BCUT2D eigenvalue weighted by molar-refractivity contribution is 0.671. The summed E-state index contributed by atoms with van der Waals surface area (Å²) in [5, 5.41) is 0. The molecule has 2 rings (SSSR count). The quantitative estimate of drug-likeness (QED) is 0.809. The van der Waals surface area contributed by atoms with Crippen LogP contribution in [0, 0.1) is 0 Å². The average Bonchev–Trinajstić information content (AvgIpc) is 2.67. The molecule has 0 aliphatic carbocycles. The van der Waals surface area contributed by atoms with Crippen molar-refractivity contribution >= 4 is 18.2 Å². The Kier molecular flexibility index (Phi) is 4.17. The Hall–Kier alpha value is -0.800. The third-order valence-electron chi connectivity index (χ3n) is 2.59. The van der Waals surface area contributed by atoms with Gasteiger partial charge in [0.25, 0.3) is 0 Å². The number of hydrogen-bond acceptors (Lipinski definition) is 3. The van der Waals surface area contributed by atoms with Crippen molar-refractivity contribution in [2.24, 2.45) is 5.73 Å². The normalized spacial score (nSPS) is 20.6. The maximum atomic E-state index is 5.69. The van der Waals surface area contributed by atoms with Crippen LogP contribution in [0.15, 0.2) is 24.4 Å². The number of hydrogen-bond donors (Lipinski definition) is 1. The summed E-state index contributed by atoms with van der Waals surface area (Å²) in [6, 6.07) is 6.51. The van der Waals surface area contributed by atoms with Gasteiger partial charge in [-0.25, -0.2) is 4.98 Å². The molecule has 0 bridgehead atoms. The predicted molar refractivity (Wildman–Crippen MR) is 60.9 cm³/mol. The van der Waals surface area contributed by atoms with Crippen LogP contribution in [-0.2, 0) is 0 Å². The van der Waals surface area contributed by atoms with Gasteiger partial charge in [-0.1, -0.05) is 6.07 Å². The van der Waals surface area contributed by atoms with Crippen molar-refractivity contribution in [1.82, 2.24) is 4.98 Å². The van der Waals surface area contributed by atoms with Gasteiger partial charge in [0.15, 0.2) is 0 Å². The summed E-state index contributed by atoms with van der Waals surface area (Å²) in [7, 11) is 0. The molecule has 0 amide bonds. The summed E-state index contributed by atoms with van der Waals surface area (Å²) in [5.41, 5.74) is 5.69. The fourth-order valence-corrected chi connectivity index (χ4v) is 1.91. The summed E-state index contributed by atoms with van der Waals surface area (Å²) >= 11 is 0. The number of rotatable bonds is 2. The van der Waals surface area contributed by atoms with E-state index in [1.54, 1.807) is 0 Å². The van der Waals surface area contributed by atoms with Gasteiger partial charge in [-0.05, 0) is 25.0 Å². The highest BCUT2D eigenvalue weighted by Crippen LogP contribution is 2.22. The topological polar surface area (TPSA) is 42.1 Å². The fourth-order valence-electron chi connectivity index (χ4n) is 1.91. The van der Waals surface area contributed by atoms with Crippen LogP contribution in [0.1, 0.15) is 12.8 Å². The highest BCUT2D eigenvalue weighted by molar-refractivity contribution is 5.85. The van der Waals surface area contributed by atoms with E-state index >= 15 is 0 Å². The third kappa shape index (κ3) is 2.16. The van der Waals surface area contributed by atoms with Gasteiger partial charge in [-0.2, -0.15) is 0 Å². The molecule has 2 N–H and O–H groups in total. The van der Waals surface area contributed by atoms with E-state index in [9.17, 15) is 0 Å². The van der Waals surface area contributed by atoms with Gasteiger partial charge in [-0.15, -0.1) is 12.4 Å². The van der Waals surface area contributed by atoms with Crippen LogP contribution in [0.3, 0.4) is 0 Å². The van der Waals surface area contributed by atoms with Crippen molar-refractivity contribution in [3.05, 3.63) is 24.4 Å². The third-order valence-corrected chi connectivity index (χ3v) is 2.59. The molecule has 1 atom stereocenters. The lowest BCUT2D eigenvalue weighted by Crippen LogP contribution is -2.35. The van der Waals surface area contributed by atoms with Crippen LogP contribution in [0.25, 0.3) is 0 Å². The van der Waals surface area contributed by atoms with E-state index in [1.165, 1.54) is 12.8 Å². The molecule has 1 aliphatic rings. The first-order chi connectivity index (χ1) is 6.42.